The molecule has 0 bridgehead atoms. The molecule has 6 nitrogen and oxygen atoms in total. The van der Waals surface area contributed by atoms with Gasteiger partial charge in [0.15, 0.2) is 6.04 Å². The lowest BCUT2D eigenvalue weighted by atomic mass is 10.1. The largest absolute Gasteiger partial charge is 0.497 e. The molecule has 1 saturated carbocycles. The van der Waals surface area contributed by atoms with Crippen molar-refractivity contribution in [3.8, 4) is 5.75 Å². The Morgan fingerprint density at radius 2 is 1.93 bits per heavy atom. The van der Waals surface area contributed by atoms with Crippen LogP contribution in [0.15, 0.2) is 42.6 Å². The number of carbonyl (C=O) groups is 2. The van der Waals surface area contributed by atoms with Crippen LogP contribution in [0.3, 0.4) is 0 Å². The SMILES string of the molecule is COc1ccc(CN2C(=O)Cn3cccc3C2C(=O)NC2CCCC2)cc1. The van der Waals surface area contributed by atoms with E-state index in [2.05, 4.69) is 5.32 Å². The normalized spacial score (nSPS) is 19.8. The van der Waals surface area contributed by atoms with Crippen LogP contribution in [0.4, 0.5) is 0 Å². The molecule has 1 aromatic heterocycles. The van der Waals surface area contributed by atoms with E-state index in [0.29, 0.717) is 6.54 Å². The highest BCUT2D eigenvalue weighted by Crippen LogP contribution is 2.30. The van der Waals surface area contributed by atoms with Crippen molar-refractivity contribution in [2.75, 3.05) is 7.11 Å². The van der Waals surface area contributed by atoms with Crippen LogP contribution in [0.1, 0.15) is 43.0 Å². The number of fused-ring (bicyclic) bond motifs is 1. The molecular weight excluding hydrogens is 342 g/mol. The third kappa shape index (κ3) is 3.56. The van der Waals surface area contributed by atoms with Gasteiger partial charge in [0.05, 0.1) is 12.8 Å². The fourth-order valence-electron chi connectivity index (χ4n) is 4.09. The summed E-state index contributed by atoms with van der Waals surface area (Å²) in [5.74, 6) is 0.651. The average molecular weight is 367 g/mol. The van der Waals surface area contributed by atoms with Gasteiger partial charge in [-0.05, 0) is 42.7 Å². The minimum atomic E-state index is -0.594. The summed E-state index contributed by atoms with van der Waals surface area (Å²) in [6.45, 7) is 0.669. The molecule has 1 fully saturated rings. The molecule has 0 radical (unpaired) electrons. The first-order chi connectivity index (χ1) is 13.2. The van der Waals surface area contributed by atoms with Gasteiger partial charge in [-0.2, -0.15) is 0 Å². The van der Waals surface area contributed by atoms with Gasteiger partial charge in [0.1, 0.15) is 12.3 Å². The number of aromatic nitrogens is 1. The summed E-state index contributed by atoms with van der Waals surface area (Å²) in [7, 11) is 1.63. The number of nitrogens with zero attached hydrogens (tertiary/aromatic N) is 2. The Bertz CT molecular complexity index is 821. The maximum Gasteiger partial charge on any atom is 0.249 e. The molecule has 0 saturated heterocycles. The molecule has 27 heavy (non-hydrogen) atoms. The zero-order valence-electron chi connectivity index (χ0n) is 15.6. The zero-order chi connectivity index (χ0) is 18.8. The molecule has 1 aromatic carbocycles. The highest BCUT2D eigenvalue weighted by atomic mass is 16.5. The number of amides is 2. The molecule has 2 amide bonds. The predicted octanol–water partition coefficient (Wildman–Crippen LogP) is 2.64. The van der Waals surface area contributed by atoms with Crippen LogP contribution in [-0.4, -0.2) is 34.4 Å². The van der Waals surface area contributed by atoms with E-state index in [1.807, 2.05) is 47.2 Å². The quantitative estimate of drug-likeness (QED) is 0.884. The third-order valence-electron chi connectivity index (χ3n) is 5.54. The number of benzene rings is 1. The van der Waals surface area contributed by atoms with Crippen LogP contribution >= 0.6 is 0 Å². The minimum absolute atomic E-state index is 0.0407. The number of nitrogens with one attached hydrogen (secondary N) is 1. The van der Waals surface area contributed by atoms with Gasteiger partial charge in [-0.3, -0.25) is 9.59 Å². The molecule has 1 aliphatic carbocycles. The number of rotatable bonds is 5. The van der Waals surface area contributed by atoms with Crippen molar-refractivity contribution in [3.05, 3.63) is 53.9 Å². The lowest BCUT2D eigenvalue weighted by molar-refractivity contribution is -0.144. The molecule has 142 valence electrons. The molecule has 2 aliphatic rings. The minimum Gasteiger partial charge on any atom is -0.497 e. The Hall–Kier alpha value is -2.76. The van der Waals surface area contributed by atoms with Gasteiger partial charge in [0, 0.05) is 18.8 Å². The summed E-state index contributed by atoms with van der Waals surface area (Å²) < 4.78 is 7.08. The maximum absolute atomic E-state index is 13.1. The molecule has 2 aromatic rings. The van der Waals surface area contributed by atoms with E-state index in [1.54, 1.807) is 12.0 Å². The summed E-state index contributed by atoms with van der Waals surface area (Å²) in [5.41, 5.74) is 1.85. The highest BCUT2D eigenvalue weighted by molar-refractivity contribution is 5.90. The molecule has 2 heterocycles. The topological polar surface area (TPSA) is 63.6 Å². The number of carbonyl (C=O) groups excluding carboxylic acids is 2. The fourth-order valence-corrected chi connectivity index (χ4v) is 4.09. The van der Waals surface area contributed by atoms with Gasteiger partial charge in [-0.15, -0.1) is 0 Å². The Kier molecular flexibility index (Phi) is 4.88. The number of ether oxygens (including phenoxy) is 1. The van der Waals surface area contributed by atoms with E-state index in [4.69, 9.17) is 4.74 Å². The molecule has 6 heteroatoms. The Morgan fingerprint density at radius 1 is 1.19 bits per heavy atom. The van der Waals surface area contributed by atoms with E-state index in [0.717, 1.165) is 42.7 Å². The van der Waals surface area contributed by atoms with Crippen molar-refractivity contribution in [1.82, 2.24) is 14.8 Å². The van der Waals surface area contributed by atoms with Gasteiger partial charge in [-0.1, -0.05) is 25.0 Å². The first-order valence-corrected chi connectivity index (χ1v) is 9.53. The number of methoxy groups -OCH3 is 1. The Labute approximate surface area is 159 Å². The van der Waals surface area contributed by atoms with Crippen molar-refractivity contribution < 1.29 is 14.3 Å². The van der Waals surface area contributed by atoms with Crippen LogP contribution in [0.5, 0.6) is 5.75 Å². The lowest BCUT2D eigenvalue weighted by Gasteiger charge is -2.36. The van der Waals surface area contributed by atoms with Crippen molar-refractivity contribution in [1.29, 1.82) is 0 Å². The van der Waals surface area contributed by atoms with Crippen molar-refractivity contribution in [3.63, 3.8) is 0 Å². The third-order valence-corrected chi connectivity index (χ3v) is 5.54. The second kappa shape index (κ2) is 7.47. The molecule has 4 rings (SSSR count). The standard InChI is InChI=1S/C21H25N3O3/c1-27-17-10-8-15(9-11-17)13-24-19(25)14-23-12-4-7-18(23)20(24)21(26)22-16-5-2-3-6-16/h4,7-12,16,20H,2-3,5-6,13-14H2,1H3,(H,22,26). The average Bonchev–Trinajstić information content (AvgIpc) is 3.34. The molecule has 1 atom stereocenters. The number of hydrogen-bond acceptors (Lipinski definition) is 3. The summed E-state index contributed by atoms with van der Waals surface area (Å²) in [5, 5.41) is 3.17. The molecule has 0 spiro atoms. The van der Waals surface area contributed by atoms with Gasteiger partial charge in [0.25, 0.3) is 0 Å². The van der Waals surface area contributed by atoms with Crippen LogP contribution < -0.4 is 10.1 Å². The van der Waals surface area contributed by atoms with Crippen molar-refractivity contribution >= 4 is 11.8 Å². The second-order valence-electron chi connectivity index (χ2n) is 7.32. The van der Waals surface area contributed by atoms with Gasteiger partial charge < -0.3 is 19.5 Å². The highest BCUT2D eigenvalue weighted by Gasteiger charge is 2.38. The number of hydrogen-bond donors (Lipinski definition) is 1. The van der Waals surface area contributed by atoms with Gasteiger partial charge in [-0.25, -0.2) is 0 Å². The van der Waals surface area contributed by atoms with Crippen molar-refractivity contribution in [2.45, 2.75) is 50.9 Å². The first kappa shape index (κ1) is 17.6. The molecule has 1 N–H and O–H groups in total. The smallest absolute Gasteiger partial charge is 0.249 e. The summed E-state index contributed by atoms with van der Waals surface area (Å²) in [6, 6.07) is 11.1. The predicted molar refractivity (Wildman–Crippen MR) is 101 cm³/mol. The summed E-state index contributed by atoms with van der Waals surface area (Å²) in [4.78, 5) is 27.7. The maximum atomic E-state index is 13.1. The van der Waals surface area contributed by atoms with E-state index in [-0.39, 0.29) is 24.4 Å². The molecular formula is C21H25N3O3. The van der Waals surface area contributed by atoms with E-state index in [9.17, 15) is 9.59 Å². The molecule has 1 aliphatic heterocycles. The van der Waals surface area contributed by atoms with Crippen LogP contribution in [-0.2, 0) is 22.7 Å². The lowest BCUT2D eigenvalue weighted by Crippen LogP contribution is -2.50. The zero-order valence-corrected chi connectivity index (χ0v) is 15.6. The summed E-state index contributed by atoms with van der Waals surface area (Å²) in [6.07, 6.45) is 6.21. The fraction of sp³-hybridized carbons (Fsp3) is 0.429. The Morgan fingerprint density at radius 3 is 2.63 bits per heavy atom. The van der Waals surface area contributed by atoms with Crippen LogP contribution in [0.25, 0.3) is 0 Å². The Balaban J connectivity index is 1.60. The second-order valence-corrected chi connectivity index (χ2v) is 7.32. The van der Waals surface area contributed by atoms with Crippen LogP contribution in [0, 0.1) is 0 Å². The van der Waals surface area contributed by atoms with Gasteiger partial charge in [0.2, 0.25) is 11.8 Å². The van der Waals surface area contributed by atoms with E-state index in [1.165, 1.54) is 0 Å². The summed E-state index contributed by atoms with van der Waals surface area (Å²) >= 11 is 0. The van der Waals surface area contributed by atoms with Crippen molar-refractivity contribution in [2.24, 2.45) is 0 Å². The van der Waals surface area contributed by atoms with Gasteiger partial charge >= 0.3 is 0 Å². The van der Waals surface area contributed by atoms with Crippen LogP contribution in [0.2, 0.25) is 0 Å². The van der Waals surface area contributed by atoms with E-state index < -0.39 is 6.04 Å². The first-order valence-electron chi connectivity index (χ1n) is 9.53. The monoisotopic (exact) mass is 367 g/mol. The molecule has 1 unspecified atom stereocenters. The van der Waals surface area contributed by atoms with E-state index >= 15 is 0 Å².